The molecule has 10 heteroatoms. The summed E-state index contributed by atoms with van der Waals surface area (Å²) in [4.78, 5) is 25.4. The quantitative estimate of drug-likeness (QED) is 0.769. The first-order valence-electron chi connectivity index (χ1n) is 9.71. The van der Waals surface area contributed by atoms with Gasteiger partial charge in [0.15, 0.2) is 0 Å². The van der Waals surface area contributed by atoms with E-state index in [1.807, 2.05) is 0 Å². The smallest absolute Gasteiger partial charge is 0.246 e. The minimum absolute atomic E-state index is 0.0263. The van der Waals surface area contributed by atoms with Crippen molar-refractivity contribution in [1.29, 1.82) is 0 Å². The zero-order valence-electron chi connectivity index (χ0n) is 16.2. The molecular weight excluding hydrogens is 404 g/mol. The molecule has 160 valence electrons. The number of nitrogens with zero attached hydrogens (tertiary/aromatic N) is 2. The Kier molecular flexibility index (Phi) is 6.52. The van der Waals surface area contributed by atoms with E-state index in [-0.39, 0.29) is 43.9 Å². The van der Waals surface area contributed by atoms with Crippen LogP contribution in [0.3, 0.4) is 0 Å². The molecule has 0 radical (unpaired) electrons. The maximum absolute atomic E-state index is 13.9. The van der Waals surface area contributed by atoms with E-state index in [1.54, 1.807) is 0 Å². The van der Waals surface area contributed by atoms with Crippen molar-refractivity contribution in [2.75, 3.05) is 26.2 Å². The highest BCUT2D eigenvalue weighted by Gasteiger charge is 2.37. The van der Waals surface area contributed by atoms with Crippen molar-refractivity contribution >= 4 is 21.8 Å². The standard InChI is InChI=1S/C19H25F2N3O4S/c1-13(25)22-18(14-4-2-3-5-14)19(26)23-8-10-24(11-9-23)29(27,28)17-12-15(20)6-7-16(17)21/h6-7,12,14,18H,2-5,8-11H2,1H3,(H,22,25). The van der Waals surface area contributed by atoms with E-state index < -0.39 is 32.6 Å². The van der Waals surface area contributed by atoms with Crippen LogP contribution in [-0.2, 0) is 19.6 Å². The predicted octanol–water partition coefficient (Wildman–Crippen LogP) is 1.49. The number of carbonyl (C=O) groups excluding carboxylic acids is 2. The molecule has 0 bridgehead atoms. The molecule has 1 saturated heterocycles. The van der Waals surface area contributed by atoms with Crippen LogP contribution < -0.4 is 5.32 Å². The van der Waals surface area contributed by atoms with Crippen LogP contribution in [0.25, 0.3) is 0 Å². The fourth-order valence-electron chi connectivity index (χ4n) is 4.05. The minimum Gasteiger partial charge on any atom is -0.344 e. The van der Waals surface area contributed by atoms with Gasteiger partial charge in [-0.3, -0.25) is 9.59 Å². The first-order valence-corrected chi connectivity index (χ1v) is 11.2. The van der Waals surface area contributed by atoms with Crippen LogP contribution in [0.4, 0.5) is 8.78 Å². The molecule has 2 amide bonds. The number of carbonyl (C=O) groups is 2. The Morgan fingerprint density at radius 1 is 1.10 bits per heavy atom. The summed E-state index contributed by atoms with van der Waals surface area (Å²) in [5.41, 5.74) is 0. The lowest BCUT2D eigenvalue weighted by atomic mass is 9.96. The number of benzene rings is 1. The number of halogens is 2. The number of nitrogens with one attached hydrogen (secondary N) is 1. The first-order chi connectivity index (χ1) is 13.7. The van der Waals surface area contributed by atoms with Crippen LogP contribution in [0.2, 0.25) is 0 Å². The molecule has 29 heavy (non-hydrogen) atoms. The third kappa shape index (κ3) is 4.75. The molecular formula is C19H25F2N3O4S. The second kappa shape index (κ2) is 8.74. The van der Waals surface area contributed by atoms with Gasteiger partial charge in [0.2, 0.25) is 21.8 Å². The molecule has 1 atom stereocenters. The molecule has 1 saturated carbocycles. The van der Waals surface area contributed by atoms with E-state index >= 15 is 0 Å². The maximum Gasteiger partial charge on any atom is 0.246 e. The van der Waals surface area contributed by atoms with E-state index in [9.17, 15) is 26.8 Å². The van der Waals surface area contributed by atoms with E-state index in [2.05, 4.69) is 5.32 Å². The van der Waals surface area contributed by atoms with Gasteiger partial charge in [-0.25, -0.2) is 17.2 Å². The lowest BCUT2D eigenvalue weighted by Crippen LogP contribution is -2.57. The highest BCUT2D eigenvalue weighted by Crippen LogP contribution is 2.29. The van der Waals surface area contributed by atoms with Gasteiger partial charge in [-0.05, 0) is 37.0 Å². The zero-order valence-corrected chi connectivity index (χ0v) is 17.1. The second-order valence-corrected chi connectivity index (χ2v) is 9.43. The summed E-state index contributed by atoms with van der Waals surface area (Å²) in [6.45, 7) is 1.56. The zero-order chi connectivity index (χ0) is 21.2. The molecule has 1 N–H and O–H groups in total. The van der Waals surface area contributed by atoms with Crippen molar-refractivity contribution in [3.63, 3.8) is 0 Å². The fraction of sp³-hybridized carbons (Fsp3) is 0.579. The molecule has 1 aromatic rings. The molecule has 7 nitrogen and oxygen atoms in total. The largest absolute Gasteiger partial charge is 0.344 e. The monoisotopic (exact) mass is 429 g/mol. The topological polar surface area (TPSA) is 86.8 Å². The number of hydrogen-bond acceptors (Lipinski definition) is 4. The SMILES string of the molecule is CC(=O)NC(C(=O)N1CCN(S(=O)(=O)c2cc(F)ccc2F)CC1)C1CCCC1. The number of amides is 2. The van der Waals surface area contributed by atoms with Gasteiger partial charge in [0.05, 0.1) is 0 Å². The van der Waals surface area contributed by atoms with Crippen LogP contribution >= 0.6 is 0 Å². The van der Waals surface area contributed by atoms with Crippen molar-refractivity contribution in [1.82, 2.24) is 14.5 Å². The molecule has 2 fully saturated rings. The number of sulfonamides is 1. The Labute approximate surface area is 169 Å². The van der Waals surface area contributed by atoms with Crippen LogP contribution in [0.5, 0.6) is 0 Å². The van der Waals surface area contributed by atoms with Gasteiger partial charge in [0.25, 0.3) is 0 Å². The van der Waals surface area contributed by atoms with Crippen molar-refractivity contribution < 1.29 is 26.8 Å². The Morgan fingerprint density at radius 3 is 2.31 bits per heavy atom. The van der Waals surface area contributed by atoms with Gasteiger partial charge in [-0.2, -0.15) is 4.31 Å². The predicted molar refractivity (Wildman–Crippen MR) is 101 cm³/mol. The second-order valence-electron chi connectivity index (χ2n) is 7.53. The third-order valence-electron chi connectivity index (χ3n) is 5.56. The summed E-state index contributed by atoms with van der Waals surface area (Å²) in [5, 5.41) is 2.75. The third-order valence-corrected chi connectivity index (χ3v) is 7.47. The lowest BCUT2D eigenvalue weighted by Gasteiger charge is -2.37. The highest BCUT2D eigenvalue weighted by atomic mass is 32.2. The van der Waals surface area contributed by atoms with Crippen LogP contribution in [0.1, 0.15) is 32.6 Å². The van der Waals surface area contributed by atoms with E-state index in [1.165, 1.54) is 11.8 Å². The van der Waals surface area contributed by atoms with Crippen molar-refractivity contribution in [3.05, 3.63) is 29.8 Å². The van der Waals surface area contributed by atoms with Gasteiger partial charge in [-0.15, -0.1) is 0 Å². The van der Waals surface area contributed by atoms with Crippen LogP contribution in [0.15, 0.2) is 23.1 Å². The normalized spacial score (nSPS) is 19.9. The van der Waals surface area contributed by atoms with Gasteiger partial charge in [-0.1, -0.05) is 12.8 Å². The molecule has 2 aliphatic rings. The Bertz CT molecular complexity index is 879. The molecule has 0 spiro atoms. The average molecular weight is 429 g/mol. The lowest BCUT2D eigenvalue weighted by molar-refractivity contribution is -0.138. The number of rotatable bonds is 5. The summed E-state index contributed by atoms with van der Waals surface area (Å²) in [5.74, 6) is -2.28. The molecule has 1 aliphatic heterocycles. The van der Waals surface area contributed by atoms with Gasteiger partial charge in [0, 0.05) is 33.1 Å². The summed E-state index contributed by atoms with van der Waals surface area (Å²) in [6, 6.07) is 1.69. The fourth-order valence-corrected chi connectivity index (χ4v) is 5.55. The van der Waals surface area contributed by atoms with Crippen molar-refractivity contribution in [2.45, 2.75) is 43.5 Å². The Balaban J connectivity index is 1.69. The molecule has 3 rings (SSSR count). The molecule has 1 aliphatic carbocycles. The number of piperazine rings is 1. The molecule has 1 unspecified atom stereocenters. The average Bonchev–Trinajstić information content (AvgIpc) is 3.22. The number of hydrogen-bond donors (Lipinski definition) is 1. The van der Waals surface area contributed by atoms with Crippen molar-refractivity contribution in [3.8, 4) is 0 Å². The summed E-state index contributed by atoms with van der Waals surface area (Å²) in [7, 11) is -4.21. The van der Waals surface area contributed by atoms with E-state index in [0.717, 1.165) is 42.1 Å². The maximum atomic E-state index is 13.9. The van der Waals surface area contributed by atoms with Crippen LogP contribution in [-0.4, -0.2) is 61.7 Å². The van der Waals surface area contributed by atoms with Crippen LogP contribution in [0, 0.1) is 17.6 Å². The molecule has 1 heterocycles. The summed E-state index contributed by atoms with van der Waals surface area (Å²) >= 11 is 0. The molecule has 1 aromatic carbocycles. The Morgan fingerprint density at radius 2 is 1.72 bits per heavy atom. The minimum atomic E-state index is -4.21. The highest BCUT2D eigenvalue weighted by molar-refractivity contribution is 7.89. The Hall–Kier alpha value is -2.07. The van der Waals surface area contributed by atoms with Gasteiger partial charge >= 0.3 is 0 Å². The van der Waals surface area contributed by atoms with E-state index in [0.29, 0.717) is 6.07 Å². The van der Waals surface area contributed by atoms with E-state index in [4.69, 9.17) is 0 Å². The van der Waals surface area contributed by atoms with Crippen molar-refractivity contribution in [2.24, 2.45) is 5.92 Å². The molecule has 0 aromatic heterocycles. The first kappa shape index (κ1) is 21.6. The summed E-state index contributed by atoms with van der Waals surface area (Å²) < 4.78 is 53.8. The van der Waals surface area contributed by atoms with Gasteiger partial charge in [0.1, 0.15) is 22.6 Å². The summed E-state index contributed by atoms with van der Waals surface area (Å²) in [6.07, 6.45) is 3.76. The van der Waals surface area contributed by atoms with Gasteiger partial charge < -0.3 is 10.2 Å².